The van der Waals surface area contributed by atoms with Gasteiger partial charge in [-0.25, -0.2) is 0 Å². The van der Waals surface area contributed by atoms with Crippen molar-refractivity contribution in [1.29, 1.82) is 0 Å². The van der Waals surface area contributed by atoms with Crippen LogP contribution in [0.1, 0.15) is 48.0 Å². The molecule has 1 aliphatic rings. The van der Waals surface area contributed by atoms with Crippen LogP contribution in [0.3, 0.4) is 0 Å². The Morgan fingerprint density at radius 3 is 1.75 bits per heavy atom. The summed E-state index contributed by atoms with van der Waals surface area (Å²) in [5.41, 5.74) is 3.13. The molecule has 0 radical (unpaired) electrons. The summed E-state index contributed by atoms with van der Waals surface area (Å²) in [6.07, 6.45) is 3.48. The minimum Gasteiger partial charge on any atom is -0.683 e. The molecule has 0 fully saturated rings. The number of halogens is 2. The van der Waals surface area contributed by atoms with E-state index in [9.17, 15) is 0 Å². The van der Waals surface area contributed by atoms with Crippen molar-refractivity contribution in [1.82, 2.24) is 0 Å². The molecule has 20 heavy (non-hydrogen) atoms. The van der Waals surface area contributed by atoms with E-state index in [-0.39, 0.29) is 62.0 Å². The number of rotatable bonds is 2. The van der Waals surface area contributed by atoms with Crippen LogP contribution in [-0.4, -0.2) is 14.3 Å². The van der Waals surface area contributed by atoms with E-state index in [0.29, 0.717) is 0 Å². The Morgan fingerprint density at radius 2 is 1.45 bits per heavy atom. The van der Waals surface area contributed by atoms with Crippen molar-refractivity contribution in [3.8, 4) is 0 Å². The molecule has 0 atom stereocenters. The van der Waals surface area contributed by atoms with Gasteiger partial charge in [-0.15, -0.1) is 30.4 Å². The zero-order chi connectivity index (χ0) is 13.4. The van der Waals surface area contributed by atoms with Gasteiger partial charge >= 0.3 is 0 Å². The second kappa shape index (κ2) is 9.18. The molecule has 0 N–H and O–H groups in total. The minimum atomic E-state index is -0.744. The summed E-state index contributed by atoms with van der Waals surface area (Å²) in [5, 5.41) is 6.58. The van der Waals surface area contributed by atoms with Crippen LogP contribution >= 0.6 is 24.8 Å². The van der Waals surface area contributed by atoms with Crippen LogP contribution in [0.25, 0.3) is 5.32 Å². The predicted octanol–water partition coefficient (Wildman–Crippen LogP) is 5.66. The van der Waals surface area contributed by atoms with Crippen molar-refractivity contribution in [3.05, 3.63) is 27.9 Å². The molecule has 0 bridgehead atoms. The third-order valence-corrected chi connectivity index (χ3v) is 4.70. The first kappa shape index (κ1) is 25.9. The third-order valence-electron chi connectivity index (χ3n) is 2.93. The van der Waals surface area contributed by atoms with E-state index in [1.807, 2.05) is 0 Å². The van der Waals surface area contributed by atoms with Gasteiger partial charge in [0.2, 0.25) is 0 Å². The van der Waals surface area contributed by atoms with Crippen LogP contribution in [-0.2, 0) is 26.2 Å². The van der Waals surface area contributed by atoms with Gasteiger partial charge < -0.3 is 5.32 Å². The summed E-state index contributed by atoms with van der Waals surface area (Å²) in [4.78, 5) is 0. The van der Waals surface area contributed by atoms with Crippen molar-refractivity contribution in [3.63, 3.8) is 0 Å². The van der Waals surface area contributed by atoms with Crippen LogP contribution in [0, 0.1) is 5.41 Å². The molecule has 0 aliphatic heterocycles. The van der Waals surface area contributed by atoms with Crippen LogP contribution in [0.2, 0.25) is 13.1 Å². The van der Waals surface area contributed by atoms with Crippen LogP contribution in [0.4, 0.5) is 0 Å². The van der Waals surface area contributed by atoms with E-state index in [1.54, 1.807) is 5.20 Å². The summed E-state index contributed by atoms with van der Waals surface area (Å²) in [5.74, 6) is 0. The van der Waals surface area contributed by atoms with Crippen molar-refractivity contribution in [2.75, 3.05) is 0 Å². The largest absolute Gasteiger partial charge is 0.683 e. The monoisotopic (exact) mass is 412 g/mol. The van der Waals surface area contributed by atoms with E-state index >= 15 is 0 Å². The Balaban J connectivity index is -0.000000963. The maximum atomic E-state index is 4.94. The number of nitrogens with zero attached hydrogens (tertiary/aromatic N) is 1. The topological polar surface area (TPSA) is 14.1 Å². The fourth-order valence-electron chi connectivity index (χ4n) is 2.47. The first-order valence-corrected chi connectivity index (χ1v) is 9.58. The number of allylic oxidation sites excluding steroid dienone is 3. The molecular weight excluding hydrogens is 384 g/mol. The maximum absolute atomic E-state index is 4.94. The Morgan fingerprint density at radius 1 is 1.00 bits per heavy atom. The van der Waals surface area contributed by atoms with Crippen LogP contribution in [0.15, 0.2) is 22.5 Å². The molecule has 1 nitrogen and oxygen atoms in total. The van der Waals surface area contributed by atoms with E-state index in [0.717, 1.165) is 6.42 Å². The molecule has 0 aromatic carbocycles. The van der Waals surface area contributed by atoms with Gasteiger partial charge in [-0.2, -0.15) is 5.70 Å². The SMILES string of the molecule is C[SiH](C)C1=CCC([N-]C(C)(C)C)=C1C(C)(C)C.Cl.Cl.[Zr]. The predicted molar refractivity (Wildman–Crippen MR) is 95.7 cm³/mol. The zero-order valence-corrected chi connectivity index (χ0v) is 19.4. The van der Waals surface area contributed by atoms with Gasteiger partial charge in [0.1, 0.15) is 0 Å². The molecule has 0 heterocycles. The summed E-state index contributed by atoms with van der Waals surface area (Å²) in [6.45, 7) is 18.3. The molecule has 0 aromatic rings. The fourth-order valence-corrected chi connectivity index (χ4v) is 4.24. The zero-order valence-electron chi connectivity index (χ0n) is 14.1. The van der Waals surface area contributed by atoms with Gasteiger partial charge in [0, 0.05) is 26.2 Å². The first-order valence-electron chi connectivity index (χ1n) is 6.69. The van der Waals surface area contributed by atoms with E-state index in [4.69, 9.17) is 5.32 Å². The average molecular weight is 415 g/mol. The molecule has 5 heteroatoms. The van der Waals surface area contributed by atoms with Gasteiger partial charge in [0.05, 0.1) is 8.80 Å². The number of hydrogen-bond acceptors (Lipinski definition) is 0. The molecule has 0 saturated carbocycles. The second-order valence-electron chi connectivity index (χ2n) is 7.37. The Bertz CT molecular complexity index is 363. The molecule has 0 amide bonds. The molecule has 1 rings (SSSR count). The van der Waals surface area contributed by atoms with Crippen molar-refractivity contribution < 1.29 is 26.2 Å². The summed E-state index contributed by atoms with van der Waals surface area (Å²) in [7, 11) is -0.744. The van der Waals surface area contributed by atoms with Gasteiger partial charge in [-0.05, 0) is 11.8 Å². The van der Waals surface area contributed by atoms with Gasteiger partial charge in [-0.3, -0.25) is 0 Å². The molecule has 0 unspecified atom stereocenters. The molecule has 0 saturated heterocycles. The van der Waals surface area contributed by atoms with E-state index in [2.05, 4.69) is 60.7 Å². The summed E-state index contributed by atoms with van der Waals surface area (Å²) in [6, 6.07) is 0. The second-order valence-corrected chi connectivity index (χ2v) is 10.3. The quantitative estimate of drug-likeness (QED) is 0.518. The van der Waals surface area contributed by atoms with Crippen molar-refractivity contribution in [2.45, 2.75) is 66.6 Å². The Hall–Kier alpha value is 0.960. The smallest absolute Gasteiger partial charge is 0.0646 e. The Kier molecular flexibility index (Phi) is 11.9. The minimum absolute atomic E-state index is 0. The van der Waals surface area contributed by atoms with Crippen LogP contribution < -0.4 is 0 Å². The molecule has 1 aliphatic carbocycles. The van der Waals surface area contributed by atoms with Gasteiger partial charge in [-0.1, -0.05) is 71.5 Å². The molecule has 0 aromatic heterocycles. The number of hydrogen-bond donors (Lipinski definition) is 0. The molecule has 0 spiro atoms. The normalized spacial score (nSPS) is 15.2. The van der Waals surface area contributed by atoms with Crippen molar-refractivity contribution >= 4 is 33.6 Å². The van der Waals surface area contributed by atoms with E-state index < -0.39 is 8.80 Å². The maximum Gasteiger partial charge on any atom is 0.0646 e. The summed E-state index contributed by atoms with van der Waals surface area (Å²) < 4.78 is 0. The van der Waals surface area contributed by atoms with Gasteiger partial charge in [0.15, 0.2) is 0 Å². The molecular formula is C15H30Cl2NSiZr-. The van der Waals surface area contributed by atoms with Crippen LogP contribution in [0.5, 0.6) is 0 Å². The van der Waals surface area contributed by atoms with Gasteiger partial charge in [0.25, 0.3) is 0 Å². The molecule has 118 valence electrons. The summed E-state index contributed by atoms with van der Waals surface area (Å²) >= 11 is 0. The average Bonchev–Trinajstić information content (AvgIpc) is 2.43. The fraction of sp³-hybridized carbons (Fsp3) is 0.733. The third kappa shape index (κ3) is 7.29. The van der Waals surface area contributed by atoms with Crippen molar-refractivity contribution in [2.24, 2.45) is 5.41 Å². The Labute approximate surface area is 159 Å². The van der Waals surface area contributed by atoms with E-state index in [1.165, 1.54) is 11.3 Å². The first-order chi connectivity index (χ1) is 7.52. The standard InChI is InChI=1S/C15H28NSi.2ClH.Zr/c1-14(2,3)13-11(16-15(4,5)6)9-10-12(13)17(7)8;;;/h10,17H,9H2,1-8H3;2*1H;/q-1;;;.